The van der Waals surface area contributed by atoms with Crippen molar-refractivity contribution in [3.8, 4) is 0 Å². The molecule has 0 saturated heterocycles. The van der Waals surface area contributed by atoms with Crippen LogP contribution in [-0.2, 0) is 9.53 Å². The summed E-state index contributed by atoms with van der Waals surface area (Å²) in [5.41, 5.74) is 0. The van der Waals surface area contributed by atoms with Crippen LogP contribution in [0, 0.1) is 0 Å². The monoisotopic (exact) mass is 270 g/mol. The average Bonchev–Trinajstić information content (AvgIpc) is 2.26. The number of halogens is 2. The predicted molar refractivity (Wildman–Crippen MR) is 63.0 cm³/mol. The zero-order valence-electron chi connectivity index (χ0n) is 9.17. The molecule has 2 amide bonds. The van der Waals surface area contributed by atoms with E-state index in [1.54, 1.807) is 6.92 Å². The number of carbonyl (C=O) groups excluding carboxylic acids is 2. The van der Waals surface area contributed by atoms with Crippen molar-refractivity contribution in [1.29, 1.82) is 0 Å². The van der Waals surface area contributed by atoms with Gasteiger partial charge in [0.1, 0.15) is 6.54 Å². The average molecular weight is 271 g/mol. The summed E-state index contributed by atoms with van der Waals surface area (Å²) >= 11 is 11.1. The van der Waals surface area contributed by atoms with Gasteiger partial charge in [0.15, 0.2) is 0 Å². The number of hydrogen-bond acceptors (Lipinski definition) is 3. The molecule has 0 aliphatic heterocycles. The van der Waals surface area contributed by atoms with E-state index in [2.05, 4.69) is 10.1 Å². The van der Waals surface area contributed by atoms with Crippen LogP contribution < -0.4 is 5.32 Å². The van der Waals surface area contributed by atoms with Crippen molar-refractivity contribution < 1.29 is 14.3 Å². The van der Waals surface area contributed by atoms with Gasteiger partial charge in [-0.25, -0.2) is 4.79 Å². The summed E-state index contributed by atoms with van der Waals surface area (Å²) in [7, 11) is 0. The summed E-state index contributed by atoms with van der Waals surface area (Å²) in [6.45, 7) is 2.63. The van der Waals surface area contributed by atoms with Crippen LogP contribution in [0.15, 0.2) is 0 Å². The third kappa shape index (κ3) is 6.74. The molecule has 0 aromatic carbocycles. The zero-order chi connectivity index (χ0) is 12.4. The van der Waals surface area contributed by atoms with Gasteiger partial charge in [-0.3, -0.25) is 4.79 Å². The van der Waals surface area contributed by atoms with Crippen molar-refractivity contribution in [2.75, 3.05) is 38.0 Å². The Morgan fingerprint density at radius 2 is 1.81 bits per heavy atom. The Labute approximate surface area is 105 Å². The maximum atomic E-state index is 11.5. The SMILES string of the molecule is CCOC(=O)CNC(=O)N(CCCl)CCCl. The highest BCUT2D eigenvalue weighted by molar-refractivity contribution is 6.18. The molecule has 0 bridgehead atoms. The lowest BCUT2D eigenvalue weighted by Crippen LogP contribution is -2.44. The van der Waals surface area contributed by atoms with E-state index in [1.807, 2.05) is 0 Å². The van der Waals surface area contributed by atoms with Crippen LogP contribution >= 0.6 is 23.2 Å². The maximum absolute atomic E-state index is 11.5. The van der Waals surface area contributed by atoms with E-state index in [4.69, 9.17) is 23.2 Å². The molecule has 16 heavy (non-hydrogen) atoms. The number of urea groups is 1. The Hall–Kier alpha value is -0.680. The molecule has 5 nitrogen and oxygen atoms in total. The Balaban J connectivity index is 3.94. The highest BCUT2D eigenvalue weighted by atomic mass is 35.5. The lowest BCUT2D eigenvalue weighted by molar-refractivity contribution is -0.141. The van der Waals surface area contributed by atoms with Gasteiger partial charge in [-0.2, -0.15) is 0 Å². The number of rotatable bonds is 7. The van der Waals surface area contributed by atoms with E-state index in [-0.39, 0.29) is 12.6 Å². The smallest absolute Gasteiger partial charge is 0.325 e. The molecule has 94 valence electrons. The predicted octanol–water partition coefficient (Wildman–Crippen LogP) is 1.04. The molecule has 0 spiro atoms. The number of amides is 2. The van der Waals surface area contributed by atoms with Gasteiger partial charge in [0.25, 0.3) is 0 Å². The van der Waals surface area contributed by atoms with Crippen molar-refractivity contribution in [3.63, 3.8) is 0 Å². The summed E-state index contributed by atoms with van der Waals surface area (Å²) < 4.78 is 4.67. The number of alkyl halides is 2. The van der Waals surface area contributed by atoms with Gasteiger partial charge in [-0.05, 0) is 6.92 Å². The second kappa shape index (κ2) is 9.54. The molecule has 0 aromatic heterocycles. The molecule has 0 rings (SSSR count). The van der Waals surface area contributed by atoms with Gasteiger partial charge in [0, 0.05) is 24.8 Å². The minimum Gasteiger partial charge on any atom is -0.465 e. The van der Waals surface area contributed by atoms with Crippen molar-refractivity contribution >= 4 is 35.2 Å². The topological polar surface area (TPSA) is 58.6 Å². The van der Waals surface area contributed by atoms with Crippen LogP contribution in [0.5, 0.6) is 0 Å². The first-order valence-electron chi connectivity index (χ1n) is 4.96. The molecule has 0 atom stereocenters. The molecule has 0 aliphatic carbocycles. The van der Waals surface area contributed by atoms with Gasteiger partial charge in [-0.1, -0.05) is 0 Å². The van der Waals surface area contributed by atoms with E-state index in [1.165, 1.54) is 4.90 Å². The van der Waals surface area contributed by atoms with Crippen LogP contribution in [0.25, 0.3) is 0 Å². The van der Waals surface area contributed by atoms with E-state index in [9.17, 15) is 9.59 Å². The normalized spacial score (nSPS) is 9.69. The van der Waals surface area contributed by atoms with Gasteiger partial charge in [-0.15, -0.1) is 23.2 Å². The molecule has 7 heteroatoms. The van der Waals surface area contributed by atoms with Gasteiger partial charge in [0.05, 0.1) is 6.61 Å². The fourth-order valence-electron chi connectivity index (χ4n) is 0.991. The molecule has 0 aliphatic rings. The zero-order valence-corrected chi connectivity index (χ0v) is 10.7. The number of nitrogens with zero attached hydrogens (tertiary/aromatic N) is 1. The number of nitrogens with one attached hydrogen (secondary N) is 1. The standard InChI is InChI=1S/C9H16Cl2N2O3/c1-2-16-8(14)7-12-9(15)13(5-3-10)6-4-11/h2-7H2,1H3,(H,12,15). The van der Waals surface area contributed by atoms with Crippen LogP contribution in [0.1, 0.15) is 6.92 Å². The molecule has 0 aromatic rings. The first-order chi connectivity index (χ1) is 7.65. The molecule has 0 saturated carbocycles. The van der Waals surface area contributed by atoms with E-state index < -0.39 is 5.97 Å². The Bertz CT molecular complexity index is 221. The summed E-state index contributed by atoms with van der Waals surface area (Å²) in [5.74, 6) is 0.181. The van der Waals surface area contributed by atoms with E-state index in [0.29, 0.717) is 31.5 Å². The number of hydrogen-bond donors (Lipinski definition) is 1. The lowest BCUT2D eigenvalue weighted by Gasteiger charge is -2.20. The highest BCUT2D eigenvalue weighted by Crippen LogP contribution is 1.93. The lowest BCUT2D eigenvalue weighted by atomic mass is 10.5. The molecule has 0 heterocycles. The fourth-order valence-corrected chi connectivity index (χ4v) is 1.40. The third-order valence-electron chi connectivity index (χ3n) is 1.69. The quantitative estimate of drug-likeness (QED) is 0.556. The maximum Gasteiger partial charge on any atom is 0.325 e. The van der Waals surface area contributed by atoms with Crippen molar-refractivity contribution in [2.45, 2.75) is 6.92 Å². The third-order valence-corrected chi connectivity index (χ3v) is 2.02. The van der Waals surface area contributed by atoms with E-state index >= 15 is 0 Å². The first-order valence-corrected chi connectivity index (χ1v) is 6.02. The van der Waals surface area contributed by atoms with Crippen LogP contribution in [0.4, 0.5) is 4.79 Å². The van der Waals surface area contributed by atoms with Crippen molar-refractivity contribution in [3.05, 3.63) is 0 Å². The fraction of sp³-hybridized carbons (Fsp3) is 0.778. The molecule has 0 fully saturated rings. The van der Waals surface area contributed by atoms with Gasteiger partial charge >= 0.3 is 12.0 Å². The second-order valence-corrected chi connectivity index (χ2v) is 3.58. The summed E-state index contributed by atoms with van der Waals surface area (Å²) in [6, 6.07) is -0.366. The summed E-state index contributed by atoms with van der Waals surface area (Å²) in [4.78, 5) is 23.9. The van der Waals surface area contributed by atoms with Crippen molar-refractivity contribution in [2.24, 2.45) is 0 Å². The number of carbonyl (C=O) groups is 2. The second-order valence-electron chi connectivity index (χ2n) is 2.83. The Morgan fingerprint density at radius 3 is 2.25 bits per heavy atom. The Kier molecular flexibility index (Phi) is 9.13. The van der Waals surface area contributed by atoms with Crippen LogP contribution in [-0.4, -0.2) is 54.9 Å². The molecule has 1 N–H and O–H groups in total. The van der Waals surface area contributed by atoms with E-state index in [0.717, 1.165) is 0 Å². The summed E-state index contributed by atoms with van der Waals surface area (Å²) in [5, 5.41) is 2.43. The largest absolute Gasteiger partial charge is 0.465 e. The highest BCUT2D eigenvalue weighted by Gasteiger charge is 2.13. The van der Waals surface area contributed by atoms with Gasteiger partial charge in [0.2, 0.25) is 0 Å². The van der Waals surface area contributed by atoms with Crippen LogP contribution in [0.3, 0.4) is 0 Å². The number of esters is 1. The minimum absolute atomic E-state index is 0.145. The molecule has 0 unspecified atom stereocenters. The van der Waals surface area contributed by atoms with Gasteiger partial charge < -0.3 is 15.0 Å². The van der Waals surface area contributed by atoms with Crippen LogP contribution in [0.2, 0.25) is 0 Å². The van der Waals surface area contributed by atoms with Crippen molar-refractivity contribution in [1.82, 2.24) is 10.2 Å². The summed E-state index contributed by atoms with van der Waals surface area (Å²) in [6.07, 6.45) is 0. The molecule has 0 radical (unpaired) electrons. The molecular formula is C9H16Cl2N2O3. The number of ether oxygens (including phenoxy) is 1. The Morgan fingerprint density at radius 1 is 1.25 bits per heavy atom. The minimum atomic E-state index is -0.465. The first kappa shape index (κ1) is 15.3. The molecular weight excluding hydrogens is 255 g/mol.